The lowest BCUT2D eigenvalue weighted by molar-refractivity contribution is -0.135. The topological polar surface area (TPSA) is 34.1 Å². The average molecular weight is 383 g/mol. The van der Waals surface area contributed by atoms with E-state index < -0.39 is 15.9 Å². The predicted molar refractivity (Wildman–Crippen MR) is 90.2 cm³/mol. The first-order chi connectivity index (χ1) is 10.7. The van der Waals surface area contributed by atoms with Gasteiger partial charge in [0.05, 0.1) is 4.32 Å². The van der Waals surface area contributed by atoms with Gasteiger partial charge in [-0.1, -0.05) is 35.4 Å². The second-order valence-corrected chi connectivity index (χ2v) is 9.85. The largest absolute Gasteiger partial charge is 0.299 e. The van der Waals surface area contributed by atoms with Crippen LogP contribution in [0.3, 0.4) is 0 Å². The van der Waals surface area contributed by atoms with Crippen molar-refractivity contribution in [2.24, 2.45) is 22.7 Å². The monoisotopic (exact) mass is 382 g/mol. The predicted octanol–water partition coefficient (Wildman–Crippen LogP) is 4.55. The summed E-state index contributed by atoms with van der Waals surface area (Å²) in [7, 11) is 0. The Hall–Kier alpha value is -0.510. The summed E-state index contributed by atoms with van der Waals surface area (Å²) in [5.41, 5.74) is 0.331. The molecule has 3 saturated carbocycles. The number of hydrogen-bond donors (Lipinski definition) is 0. The van der Waals surface area contributed by atoms with E-state index in [9.17, 15) is 9.59 Å². The second-order valence-electron chi connectivity index (χ2n) is 8.54. The van der Waals surface area contributed by atoms with Gasteiger partial charge in [-0.05, 0) is 50.0 Å². The minimum atomic E-state index is -1.04. The number of carbonyl (C=O) groups is 2. The molecule has 2 nitrogen and oxygen atoms in total. The van der Waals surface area contributed by atoms with Gasteiger partial charge in [0.1, 0.15) is 12.0 Å². The molecule has 23 heavy (non-hydrogen) atoms. The second kappa shape index (κ2) is 4.77. The molecule has 0 heterocycles. The zero-order valence-corrected chi connectivity index (χ0v) is 15.4. The molecule has 4 rings (SSSR count). The Morgan fingerprint density at radius 1 is 1.13 bits per heavy atom. The van der Waals surface area contributed by atoms with Gasteiger partial charge in [-0.2, -0.15) is 0 Å². The van der Waals surface area contributed by atoms with E-state index in [1.807, 2.05) is 6.92 Å². The Labute approximate surface area is 145 Å². The maximum atomic E-state index is 15.6. The molecule has 0 amide bonds. The Kier molecular flexibility index (Phi) is 3.32. The molecule has 0 spiro atoms. The fourth-order valence-corrected chi connectivity index (χ4v) is 7.44. The lowest BCUT2D eigenvalue weighted by Crippen LogP contribution is -2.65. The van der Waals surface area contributed by atoms with E-state index in [2.05, 4.69) is 22.9 Å². The van der Waals surface area contributed by atoms with Crippen LogP contribution in [0, 0.1) is 22.7 Å². The highest BCUT2D eigenvalue weighted by atomic mass is 79.9. The van der Waals surface area contributed by atoms with Crippen LogP contribution in [0.2, 0.25) is 0 Å². The molecule has 0 saturated heterocycles. The van der Waals surface area contributed by atoms with E-state index in [0.29, 0.717) is 19.3 Å². The molecule has 0 aliphatic heterocycles. The van der Waals surface area contributed by atoms with Crippen LogP contribution >= 0.6 is 15.9 Å². The van der Waals surface area contributed by atoms with Crippen LogP contribution in [0.5, 0.6) is 0 Å². The Morgan fingerprint density at radius 2 is 1.83 bits per heavy atom. The zero-order chi connectivity index (χ0) is 16.6. The summed E-state index contributed by atoms with van der Waals surface area (Å²) in [4.78, 5) is 24.3. The third kappa shape index (κ3) is 1.79. The third-order valence-corrected chi connectivity index (χ3v) is 9.67. The van der Waals surface area contributed by atoms with Crippen LogP contribution in [0.15, 0.2) is 11.6 Å². The summed E-state index contributed by atoms with van der Waals surface area (Å²) in [6, 6.07) is 0. The molecule has 0 radical (unpaired) electrons. The van der Waals surface area contributed by atoms with E-state index in [4.69, 9.17) is 0 Å². The number of Topliss-reactive ketones (excluding diaryl/α,β-unsaturated/α-hetero) is 1. The van der Waals surface area contributed by atoms with Crippen molar-refractivity contribution in [2.45, 2.75) is 69.3 Å². The van der Waals surface area contributed by atoms with Gasteiger partial charge in [0.25, 0.3) is 0 Å². The van der Waals surface area contributed by atoms with Crippen molar-refractivity contribution in [3.05, 3.63) is 11.6 Å². The lowest BCUT2D eigenvalue weighted by Gasteiger charge is -2.63. The maximum absolute atomic E-state index is 15.6. The first kappa shape index (κ1) is 16.0. The number of hydrogen-bond acceptors (Lipinski definition) is 2. The van der Waals surface area contributed by atoms with Crippen molar-refractivity contribution in [3.8, 4) is 0 Å². The molecule has 4 aliphatic rings. The van der Waals surface area contributed by atoms with E-state index in [-0.39, 0.29) is 28.8 Å². The number of alkyl halides is 2. The molecule has 4 aliphatic carbocycles. The molecule has 0 aromatic rings. The summed E-state index contributed by atoms with van der Waals surface area (Å²) < 4.78 is 14.9. The molecule has 3 fully saturated rings. The quantitative estimate of drug-likeness (QED) is 0.575. The maximum Gasteiger partial charge on any atom is 0.155 e. The molecular weight excluding hydrogens is 359 g/mol. The minimum absolute atomic E-state index is 0.179. The van der Waals surface area contributed by atoms with Crippen molar-refractivity contribution in [1.82, 2.24) is 0 Å². The standard InChI is InChI=1S/C19H24BrFO2/c1-17-10-15(21)19(20)14(13(17)5-6-16(17)23)4-3-11-9-12(22)7-8-18(11,19)2/h9,13-15H,3-8,10H2,1-2H3/t13-,14-,15-,17-,18-,19-/m0/s1. The molecule has 0 aromatic heterocycles. The van der Waals surface area contributed by atoms with Crippen molar-refractivity contribution in [3.63, 3.8) is 0 Å². The molecule has 0 N–H and O–H groups in total. The van der Waals surface area contributed by atoms with Crippen molar-refractivity contribution >= 4 is 27.5 Å². The Balaban J connectivity index is 1.83. The van der Waals surface area contributed by atoms with Crippen molar-refractivity contribution < 1.29 is 14.0 Å². The number of allylic oxidation sites excluding steroid dienone is 1. The van der Waals surface area contributed by atoms with Gasteiger partial charge in [-0.15, -0.1) is 0 Å². The zero-order valence-electron chi connectivity index (χ0n) is 13.8. The summed E-state index contributed by atoms with van der Waals surface area (Å²) >= 11 is 3.90. The first-order valence-corrected chi connectivity index (χ1v) is 9.63. The summed E-state index contributed by atoms with van der Waals surface area (Å²) in [5.74, 6) is 0.888. The van der Waals surface area contributed by atoms with Gasteiger partial charge >= 0.3 is 0 Å². The Morgan fingerprint density at radius 3 is 2.57 bits per heavy atom. The number of halogens is 2. The van der Waals surface area contributed by atoms with Crippen LogP contribution in [-0.2, 0) is 9.59 Å². The van der Waals surface area contributed by atoms with Crippen molar-refractivity contribution in [1.29, 1.82) is 0 Å². The van der Waals surface area contributed by atoms with Gasteiger partial charge in [0.2, 0.25) is 0 Å². The first-order valence-electron chi connectivity index (χ1n) is 8.83. The molecule has 6 atom stereocenters. The van der Waals surface area contributed by atoms with Crippen LogP contribution in [0.1, 0.15) is 58.8 Å². The lowest BCUT2D eigenvalue weighted by atomic mass is 9.46. The third-order valence-electron chi connectivity index (χ3n) is 7.71. The number of rotatable bonds is 0. The molecule has 0 bridgehead atoms. The number of ketones is 2. The minimum Gasteiger partial charge on any atom is -0.299 e. The fourth-order valence-electron chi connectivity index (χ4n) is 6.28. The molecule has 4 heteroatoms. The Bertz CT molecular complexity index is 629. The van der Waals surface area contributed by atoms with E-state index >= 15 is 4.39 Å². The van der Waals surface area contributed by atoms with Gasteiger partial charge in [-0.3, -0.25) is 9.59 Å². The SMILES string of the molecule is C[C@]12CCC(=O)C=C1CC[C@H]1[C@@H]3CCC(=O)[C@@]3(C)C[C@H](F)[C@@]12Br. The average Bonchev–Trinajstić information content (AvgIpc) is 2.77. The summed E-state index contributed by atoms with van der Waals surface area (Å²) in [5, 5.41) is 0. The molecule has 126 valence electrons. The highest BCUT2D eigenvalue weighted by Gasteiger charge is 2.69. The fraction of sp³-hybridized carbons (Fsp3) is 0.789. The summed E-state index contributed by atoms with van der Waals surface area (Å²) in [6.07, 6.45) is 5.54. The van der Waals surface area contributed by atoms with Gasteiger partial charge in [-0.25, -0.2) is 4.39 Å². The number of fused-ring (bicyclic) bond motifs is 5. The molecule has 0 unspecified atom stereocenters. The molecular formula is C19H24BrFO2. The van der Waals surface area contributed by atoms with Crippen molar-refractivity contribution in [2.75, 3.05) is 0 Å². The van der Waals surface area contributed by atoms with Crippen LogP contribution in [0.4, 0.5) is 4.39 Å². The van der Waals surface area contributed by atoms with Crippen LogP contribution in [-0.4, -0.2) is 22.1 Å². The summed E-state index contributed by atoms with van der Waals surface area (Å²) in [6.45, 7) is 4.13. The van der Waals surface area contributed by atoms with Gasteiger partial charge < -0.3 is 0 Å². The highest BCUT2D eigenvalue weighted by Crippen LogP contribution is 2.69. The van der Waals surface area contributed by atoms with E-state index in [1.54, 1.807) is 6.08 Å². The van der Waals surface area contributed by atoms with Crippen LogP contribution < -0.4 is 0 Å². The van der Waals surface area contributed by atoms with Gasteiger partial charge in [0, 0.05) is 23.7 Å². The molecule has 0 aromatic carbocycles. The van der Waals surface area contributed by atoms with Gasteiger partial charge in [0.15, 0.2) is 5.78 Å². The number of carbonyl (C=O) groups excluding carboxylic acids is 2. The highest BCUT2D eigenvalue weighted by molar-refractivity contribution is 9.10. The smallest absolute Gasteiger partial charge is 0.155 e. The normalized spacial score (nSPS) is 52.5. The van der Waals surface area contributed by atoms with E-state index in [0.717, 1.165) is 31.3 Å². The van der Waals surface area contributed by atoms with E-state index in [1.165, 1.54) is 0 Å². The van der Waals surface area contributed by atoms with Crippen LogP contribution in [0.25, 0.3) is 0 Å².